The Labute approximate surface area is 104 Å². The molecule has 1 aromatic rings. The highest BCUT2D eigenvalue weighted by molar-refractivity contribution is 9.10. The monoisotopic (exact) mass is 284 g/mol. The summed E-state index contributed by atoms with van der Waals surface area (Å²) < 4.78 is 6.35. The molecule has 0 amide bonds. The molecular formula is C12H17BrN2O. The Kier molecular flexibility index (Phi) is 2.72. The number of fused-ring (bicyclic) bond motifs is 1. The van der Waals surface area contributed by atoms with Gasteiger partial charge in [-0.2, -0.15) is 0 Å². The van der Waals surface area contributed by atoms with Crippen LogP contribution in [0.4, 0.5) is 5.69 Å². The van der Waals surface area contributed by atoms with Gasteiger partial charge in [0.05, 0.1) is 5.69 Å². The van der Waals surface area contributed by atoms with Crippen molar-refractivity contribution in [3.8, 4) is 0 Å². The number of likely N-dealkylation sites (tertiary alicyclic amines) is 1. The van der Waals surface area contributed by atoms with Crippen LogP contribution in [0.1, 0.15) is 24.3 Å². The molecule has 1 saturated heterocycles. The van der Waals surface area contributed by atoms with Crippen molar-refractivity contribution in [2.75, 3.05) is 32.0 Å². The molecule has 88 valence electrons. The Morgan fingerprint density at radius 1 is 1.56 bits per heavy atom. The molecule has 2 unspecified atom stereocenters. The summed E-state index contributed by atoms with van der Waals surface area (Å²) in [5, 5.41) is 3.44. The van der Waals surface area contributed by atoms with Gasteiger partial charge in [0.15, 0.2) is 4.67 Å². The minimum atomic E-state index is 0.617. The van der Waals surface area contributed by atoms with Crippen LogP contribution in [0.25, 0.3) is 0 Å². The van der Waals surface area contributed by atoms with Gasteiger partial charge in [-0.1, -0.05) is 0 Å². The fourth-order valence-electron chi connectivity index (χ4n) is 3.08. The zero-order valence-corrected chi connectivity index (χ0v) is 11.1. The molecule has 2 aliphatic heterocycles. The van der Waals surface area contributed by atoms with Crippen LogP contribution < -0.4 is 5.32 Å². The number of piperidine rings is 1. The maximum absolute atomic E-state index is 5.43. The van der Waals surface area contributed by atoms with Crippen molar-refractivity contribution < 1.29 is 4.42 Å². The van der Waals surface area contributed by atoms with Crippen molar-refractivity contribution in [2.24, 2.45) is 5.92 Å². The molecule has 16 heavy (non-hydrogen) atoms. The first kappa shape index (κ1) is 10.7. The number of rotatable bonds is 1. The summed E-state index contributed by atoms with van der Waals surface area (Å²) in [5.41, 5.74) is 2.55. The van der Waals surface area contributed by atoms with Crippen LogP contribution >= 0.6 is 15.9 Å². The number of hydrogen-bond acceptors (Lipinski definition) is 3. The van der Waals surface area contributed by atoms with Gasteiger partial charge >= 0.3 is 0 Å². The molecule has 0 aliphatic carbocycles. The molecule has 0 aromatic carbocycles. The zero-order valence-electron chi connectivity index (χ0n) is 9.50. The van der Waals surface area contributed by atoms with Gasteiger partial charge in [-0.3, -0.25) is 0 Å². The topological polar surface area (TPSA) is 28.4 Å². The molecular weight excluding hydrogens is 268 g/mol. The Morgan fingerprint density at radius 3 is 3.25 bits per heavy atom. The molecule has 2 aliphatic rings. The van der Waals surface area contributed by atoms with E-state index < -0.39 is 0 Å². The van der Waals surface area contributed by atoms with Gasteiger partial charge in [0.2, 0.25) is 0 Å². The third-order valence-corrected chi connectivity index (χ3v) is 4.51. The highest BCUT2D eigenvalue weighted by Crippen LogP contribution is 2.44. The third kappa shape index (κ3) is 1.68. The summed E-state index contributed by atoms with van der Waals surface area (Å²) in [6.45, 7) is 3.53. The highest BCUT2D eigenvalue weighted by atomic mass is 79.9. The molecule has 1 aromatic heterocycles. The van der Waals surface area contributed by atoms with E-state index in [0.717, 1.165) is 17.1 Å². The van der Waals surface area contributed by atoms with Crippen LogP contribution in [0.15, 0.2) is 15.3 Å². The quantitative estimate of drug-likeness (QED) is 0.860. The molecule has 3 nitrogen and oxygen atoms in total. The summed E-state index contributed by atoms with van der Waals surface area (Å²) in [6.07, 6.45) is 4.49. The van der Waals surface area contributed by atoms with Gasteiger partial charge in [-0.05, 0) is 48.3 Å². The van der Waals surface area contributed by atoms with Crippen molar-refractivity contribution in [2.45, 2.75) is 18.8 Å². The Balaban J connectivity index is 1.83. The first-order chi connectivity index (χ1) is 7.75. The summed E-state index contributed by atoms with van der Waals surface area (Å²) in [5.74, 6) is 1.38. The van der Waals surface area contributed by atoms with Crippen molar-refractivity contribution in [1.29, 1.82) is 0 Å². The lowest BCUT2D eigenvalue weighted by molar-refractivity contribution is 0.191. The maximum Gasteiger partial charge on any atom is 0.174 e. The Hall–Kier alpha value is -0.480. The summed E-state index contributed by atoms with van der Waals surface area (Å²) in [4.78, 5) is 2.44. The van der Waals surface area contributed by atoms with Gasteiger partial charge in [-0.25, -0.2) is 0 Å². The predicted molar refractivity (Wildman–Crippen MR) is 67.9 cm³/mol. The average molecular weight is 285 g/mol. The van der Waals surface area contributed by atoms with E-state index in [1.54, 1.807) is 0 Å². The SMILES string of the molecule is CN1CCCC(C2CNc3coc(Br)c32)C1. The van der Waals surface area contributed by atoms with Gasteiger partial charge in [0.25, 0.3) is 0 Å². The number of nitrogens with one attached hydrogen (secondary N) is 1. The van der Waals surface area contributed by atoms with Crippen LogP contribution in [0.2, 0.25) is 0 Å². The van der Waals surface area contributed by atoms with Crippen molar-refractivity contribution in [1.82, 2.24) is 4.90 Å². The van der Waals surface area contributed by atoms with E-state index in [9.17, 15) is 0 Å². The van der Waals surface area contributed by atoms with Gasteiger partial charge in [0.1, 0.15) is 6.26 Å². The van der Waals surface area contributed by atoms with Gasteiger partial charge < -0.3 is 14.6 Å². The number of anilines is 1. The first-order valence-electron chi connectivity index (χ1n) is 5.95. The lowest BCUT2D eigenvalue weighted by Gasteiger charge is -2.33. The van der Waals surface area contributed by atoms with Crippen molar-refractivity contribution in [3.63, 3.8) is 0 Å². The Bertz CT molecular complexity index is 390. The molecule has 2 atom stereocenters. The first-order valence-corrected chi connectivity index (χ1v) is 6.74. The summed E-state index contributed by atoms with van der Waals surface area (Å²) >= 11 is 3.52. The normalized spacial score (nSPS) is 30.1. The van der Waals surface area contributed by atoms with E-state index in [-0.39, 0.29) is 0 Å². The van der Waals surface area contributed by atoms with Crippen LogP contribution in [-0.4, -0.2) is 31.6 Å². The number of hydrogen-bond donors (Lipinski definition) is 1. The second-order valence-corrected chi connectivity index (χ2v) is 5.71. The van der Waals surface area contributed by atoms with Crippen molar-refractivity contribution >= 4 is 21.6 Å². The largest absolute Gasteiger partial charge is 0.455 e. The highest BCUT2D eigenvalue weighted by Gasteiger charge is 2.35. The molecule has 0 radical (unpaired) electrons. The minimum absolute atomic E-state index is 0.617. The van der Waals surface area contributed by atoms with E-state index in [1.807, 2.05) is 6.26 Å². The van der Waals surface area contributed by atoms with Crippen LogP contribution in [0.5, 0.6) is 0 Å². The van der Waals surface area contributed by atoms with Gasteiger partial charge in [-0.15, -0.1) is 0 Å². The number of halogens is 1. The third-order valence-electron chi connectivity index (χ3n) is 3.90. The molecule has 1 N–H and O–H groups in total. The van der Waals surface area contributed by atoms with Gasteiger partial charge in [0, 0.05) is 24.6 Å². The molecule has 0 bridgehead atoms. The van der Waals surface area contributed by atoms with Crippen molar-refractivity contribution in [3.05, 3.63) is 16.5 Å². The van der Waals surface area contributed by atoms with Crippen LogP contribution in [0.3, 0.4) is 0 Å². The molecule has 1 fully saturated rings. The summed E-state index contributed by atoms with van der Waals surface area (Å²) in [7, 11) is 2.22. The van der Waals surface area contributed by atoms with E-state index in [0.29, 0.717) is 5.92 Å². The maximum atomic E-state index is 5.43. The molecule has 3 rings (SSSR count). The second-order valence-electron chi connectivity index (χ2n) is 4.99. The number of nitrogens with zero attached hydrogens (tertiary/aromatic N) is 1. The standard InChI is InChI=1S/C12H17BrN2O/c1-15-4-2-3-8(6-15)9-5-14-10-7-16-12(13)11(9)10/h7-9,14H,2-6H2,1H3. The lowest BCUT2D eigenvalue weighted by atomic mass is 9.83. The van der Waals surface area contributed by atoms with Crippen LogP contribution in [0, 0.1) is 5.92 Å². The predicted octanol–water partition coefficient (Wildman–Crippen LogP) is 2.89. The molecule has 4 heteroatoms. The zero-order chi connectivity index (χ0) is 11.1. The fourth-order valence-corrected chi connectivity index (χ4v) is 3.69. The molecule has 3 heterocycles. The fraction of sp³-hybridized carbons (Fsp3) is 0.667. The molecule has 0 spiro atoms. The Morgan fingerprint density at radius 2 is 2.44 bits per heavy atom. The van der Waals surface area contributed by atoms with E-state index in [4.69, 9.17) is 4.42 Å². The minimum Gasteiger partial charge on any atom is -0.455 e. The number of furan rings is 1. The lowest BCUT2D eigenvalue weighted by Crippen LogP contribution is -2.35. The van der Waals surface area contributed by atoms with E-state index in [1.165, 1.54) is 37.2 Å². The smallest absolute Gasteiger partial charge is 0.174 e. The summed E-state index contributed by atoms with van der Waals surface area (Å²) in [6, 6.07) is 0. The average Bonchev–Trinajstić information content (AvgIpc) is 2.82. The molecule has 0 saturated carbocycles. The van der Waals surface area contributed by atoms with E-state index in [2.05, 4.69) is 33.2 Å². The van der Waals surface area contributed by atoms with E-state index >= 15 is 0 Å². The second kappa shape index (κ2) is 4.08. The van der Waals surface area contributed by atoms with Crippen LogP contribution in [-0.2, 0) is 0 Å².